The number of aryl methyl sites for hydroxylation is 1. The van der Waals surface area contributed by atoms with E-state index in [1.807, 2.05) is 30.3 Å². The smallest absolute Gasteiger partial charge is 0.224 e. The third-order valence-electron chi connectivity index (χ3n) is 4.86. The van der Waals surface area contributed by atoms with E-state index < -0.39 is 0 Å². The van der Waals surface area contributed by atoms with E-state index in [9.17, 15) is 4.79 Å². The van der Waals surface area contributed by atoms with Crippen LogP contribution in [-0.2, 0) is 24.3 Å². The summed E-state index contributed by atoms with van der Waals surface area (Å²) in [6, 6.07) is 13.8. The molecule has 0 radical (unpaired) electrons. The number of nitrogen functional groups attached to an aromatic ring is 2. The second-order valence-electron chi connectivity index (χ2n) is 6.73. The van der Waals surface area contributed by atoms with Crippen molar-refractivity contribution in [3.8, 4) is 0 Å². The van der Waals surface area contributed by atoms with Gasteiger partial charge in [0.05, 0.1) is 11.9 Å². The fraction of sp³-hybridized carbons (Fsp3) is 0.190. The van der Waals surface area contributed by atoms with Crippen LogP contribution in [0.15, 0.2) is 48.7 Å². The Morgan fingerprint density at radius 2 is 1.93 bits per heavy atom. The molecule has 0 spiro atoms. The molecule has 7 heteroatoms. The number of nitrogens with zero attached hydrogens (tertiary/aromatic N) is 3. The molecule has 142 valence electrons. The van der Waals surface area contributed by atoms with E-state index in [0.29, 0.717) is 24.3 Å². The van der Waals surface area contributed by atoms with Gasteiger partial charge in [0.2, 0.25) is 11.9 Å². The number of nitrogens with one attached hydrogen (secondary N) is 1. The minimum Gasteiger partial charge on any atom is -0.383 e. The number of carbonyl (C=O) groups excluding carboxylic acids is 1. The summed E-state index contributed by atoms with van der Waals surface area (Å²) >= 11 is 0. The van der Waals surface area contributed by atoms with Crippen molar-refractivity contribution in [2.75, 3.05) is 11.5 Å². The molecule has 0 bridgehead atoms. The summed E-state index contributed by atoms with van der Waals surface area (Å²) in [6.45, 7) is 3.37. The summed E-state index contributed by atoms with van der Waals surface area (Å²) < 4.78 is 2.16. The van der Waals surface area contributed by atoms with Crippen LogP contribution in [0.3, 0.4) is 0 Å². The maximum absolute atomic E-state index is 12.5. The minimum absolute atomic E-state index is 0.0270. The van der Waals surface area contributed by atoms with Gasteiger partial charge < -0.3 is 21.4 Å². The number of aromatic nitrogens is 3. The molecule has 28 heavy (non-hydrogen) atoms. The maximum Gasteiger partial charge on any atom is 0.224 e. The fourth-order valence-corrected chi connectivity index (χ4v) is 3.49. The van der Waals surface area contributed by atoms with E-state index in [1.165, 1.54) is 0 Å². The summed E-state index contributed by atoms with van der Waals surface area (Å²) in [6.07, 6.45) is 2.39. The SMILES string of the molecule is CCn1cc(CC(=O)NCc2ccc3c(N)nc(N)nc3c2)c2ccccc21. The molecule has 7 nitrogen and oxygen atoms in total. The minimum atomic E-state index is -0.0270. The molecule has 2 aromatic heterocycles. The number of hydrogen-bond acceptors (Lipinski definition) is 5. The zero-order valence-electron chi connectivity index (χ0n) is 15.6. The van der Waals surface area contributed by atoms with E-state index >= 15 is 0 Å². The average molecular weight is 374 g/mol. The molecule has 2 aromatic carbocycles. The van der Waals surface area contributed by atoms with Gasteiger partial charge in [-0.05, 0) is 36.2 Å². The van der Waals surface area contributed by atoms with Crippen molar-refractivity contribution in [1.29, 1.82) is 0 Å². The first-order valence-electron chi connectivity index (χ1n) is 9.20. The Labute approximate surface area is 162 Å². The van der Waals surface area contributed by atoms with Gasteiger partial charge >= 0.3 is 0 Å². The number of benzene rings is 2. The summed E-state index contributed by atoms with van der Waals surface area (Å²) in [5.41, 5.74) is 15.3. The highest BCUT2D eigenvalue weighted by atomic mass is 16.1. The molecule has 0 aliphatic rings. The molecule has 0 aliphatic carbocycles. The van der Waals surface area contributed by atoms with Crippen molar-refractivity contribution >= 4 is 39.5 Å². The lowest BCUT2D eigenvalue weighted by atomic mass is 10.1. The van der Waals surface area contributed by atoms with Crippen LogP contribution in [0.4, 0.5) is 11.8 Å². The number of para-hydroxylation sites is 1. The normalized spacial score (nSPS) is 11.2. The highest BCUT2D eigenvalue weighted by Gasteiger charge is 2.11. The van der Waals surface area contributed by atoms with E-state index in [-0.39, 0.29) is 11.9 Å². The number of fused-ring (bicyclic) bond motifs is 2. The number of nitrogens with two attached hydrogens (primary N) is 2. The Morgan fingerprint density at radius 1 is 1.11 bits per heavy atom. The predicted molar refractivity (Wildman–Crippen MR) is 112 cm³/mol. The quantitative estimate of drug-likeness (QED) is 0.497. The zero-order chi connectivity index (χ0) is 19.7. The lowest BCUT2D eigenvalue weighted by molar-refractivity contribution is -0.120. The van der Waals surface area contributed by atoms with Gasteiger partial charge in [-0.25, -0.2) is 4.98 Å². The summed E-state index contributed by atoms with van der Waals surface area (Å²) in [5, 5.41) is 4.84. The van der Waals surface area contributed by atoms with Gasteiger partial charge in [-0.2, -0.15) is 4.98 Å². The van der Waals surface area contributed by atoms with Gasteiger partial charge in [0.1, 0.15) is 5.82 Å². The third kappa shape index (κ3) is 3.34. The van der Waals surface area contributed by atoms with Crippen molar-refractivity contribution in [2.24, 2.45) is 0 Å². The molecular formula is C21H22N6O. The number of hydrogen-bond donors (Lipinski definition) is 3. The van der Waals surface area contributed by atoms with Crippen molar-refractivity contribution in [3.05, 3.63) is 59.8 Å². The van der Waals surface area contributed by atoms with Crippen molar-refractivity contribution < 1.29 is 4.79 Å². The van der Waals surface area contributed by atoms with Gasteiger partial charge in [0.15, 0.2) is 0 Å². The fourth-order valence-electron chi connectivity index (χ4n) is 3.49. The van der Waals surface area contributed by atoms with E-state index in [2.05, 4.69) is 45.1 Å². The van der Waals surface area contributed by atoms with Crippen molar-refractivity contribution in [3.63, 3.8) is 0 Å². The Hall–Kier alpha value is -3.61. The molecule has 1 amide bonds. The maximum atomic E-state index is 12.5. The standard InChI is InChI=1S/C21H22N6O/c1-2-27-12-14(15-5-3-4-6-18(15)27)10-19(28)24-11-13-7-8-16-17(9-13)25-21(23)26-20(16)22/h3-9,12H,2,10-11H2,1H3,(H,24,28)(H4,22,23,25,26). The van der Waals surface area contributed by atoms with Gasteiger partial charge in [-0.3, -0.25) is 4.79 Å². The van der Waals surface area contributed by atoms with E-state index in [1.54, 1.807) is 0 Å². The molecule has 0 fully saturated rings. The van der Waals surface area contributed by atoms with Crippen LogP contribution in [0.1, 0.15) is 18.1 Å². The van der Waals surface area contributed by atoms with Gasteiger partial charge in [-0.1, -0.05) is 24.3 Å². The molecule has 0 saturated carbocycles. The second kappa shape index (κ2) is 7.19. The third-order valence-corrected chi connectivity index (χ3v) is 4.86. The Kier molecular flexibility index (Phi) is 4.57. The molecule has 4 rings (SSSR count). The highest BCUT2D eigenvalue weighted by molar-refractivity contribution is 5.90. The molecule has 2 heterocycles. The van der Waals surface area contributed by atoms with Crippen molar-refractivity contribution in [1.82, 2.24) is 19.9 Å². The Balaban J connectivity index is 1.49. The first-order chi connectivity index (χ1) is 13.5. The highest BCUT2D eigenvalue weighted by Crippen LogP contribution is 2.22. The Morgan fingerprint density at radius 3 is 2.75 bits per heavy atom. The van der Waals surface area contributed by atoms with Crippen LogP contribution in [0.2, 0.25) is 0 Å². The first-order valence-corrected chi connectivity index (χ1v) is 9.20. The summed E-state index contributed by atoms with van der Waals surface area (Å²) in [7, 11) is 0. The lowest BCUT2D eigenvalue weighted by Gasteiger charge is -2.07. The average Bonchev–Trinajstić information content (AvgIpc) is 3.03. The van der Waals surface area contributed by atoms with E-state index in [0.717, 1.165) is 34.0 Å². The van der Waals surface area contributed by atoms with Crippen LogP contribution < -0.4 is 16.8 Å². The molecule has 5 N–H and O–H groups in total. The Bertz CT molecular complexity index is 1180. The van der Waals surface area contributed by atoms with Crippen LogP contribution in [0.25, 0.3) is 21.8 Å². The van der Waals surface area contributed by atoms with Crippen LogP contribution in [0.5, 0.6) is 0 Å². The topological polar surface area (TPSA) is 112 Å². The monoisotopic (exact) mass is 374 g/mol. The lowest BCUT2D eigenvalue weighted by Crippen LogP contribution is -2.24. The molecular weight excluding hydrogens is 352 g/mol. The molecule has 0 aliphatic heterocycles. The summed E-state index contributed by atoms with van der Waals surface area (Å²) in [4.78, 5) is 20.7. The van der Waals surface area contributed by atoms with Crippen molar-refractivity contribution in [2.45, 2.75) is 26.4 Å². The number of anilines is 2. The number of amides is 1. The predicted octanol–water partition coefficient (Wildman–Crippen LogP) is 2.63. The number of carbonyl (C=O) groups is 1. The molecule has 4 aromatic rings. The molecule has 0 atom stereocenters. The largest absolute Gasteiger partial charge is 0.383 e. The molecule has 0 saturated heterocycles. The van der Waals surface area contributed by atoms with Gasteiger partial charge in [0, 0.05) is 35.6 Å². The number of rotatable bonds is 5. The summed E-state index contributed by atoms with van der Waals surface area (Å²) in [5.74, 6) is 0.463. The van der Waals surface area contributed by atoms with E-state index in [4.69, 9.17) is 11.5 Å². The first kappa shape index (κ1) is 17.8. The van der Waals surface area contributed by atoms with Crippen LogP contribution in [0, 0.1) is 0 Å². The van der Waals surface area contributed by atoms with Crippen LogP contribution >= 0.6 is 0 Å². The van der Waals surface area contributed by atoms with Gasteiger partial charge in [0.25, 0.3) is 0 Å². The van der Waals surface area contributed by atoms with Crippen LogP contribution in [-0.4, -0.2) is 20.4 Å². The van der Waals surface area contributed by atoms with Gasteiger partial charge in [-0.15, -0.1) is 0 Å². The second-order valence-corrected chi connectivity index (χ2v) is 6.73. The molecule has 0 unspecified atom stereocenters. The zero-order valence-corrected chi connectivity index (χ0v) is 15.6.